The molecular weight excluding hydrogens is 396 g/mol. The second-order valence-electron chi connectivity index (χ2n) is 13.5. The van der Waals surface area contributed by atoms with Crippen molar-refractivity contribution in [3.05, 3.63) is 11.6 Å². The van der Waals surface area contributed by atoms with Crippen LogP contribution in [-0.4, -0.2) is 33.1 Å². The van der Waals surface area contributed by atoms with Gasteiger partial charge in [-0.1, -0.05) is 32.4 Å². The topological polar surface area (TPSA) is 60.7 Å². The number of allylic oxidation sites excluding steroid dienone is 1. The van der Waals surface area contributed by atoms with E-state index in [9.17, 15) is 10.2 Å². The van der Waals surface area contributed by atoms with Gasteiger partial charge >= 0.3 is 0 Å². The molecule has 0 spiro atoms. The molecule has 2 unspecified atom stereocenters. The van der Waals surface area contributed by atoms with Crippen LogP contribution >= 0.6 is 0 Å². The number of aliphatic hydroxyl groups excluding tert-OH is 1. The van der Waals surface area contributed by atoms with Gasteiger partial charge in [0.1, 0.15) is 0 Å². The SMILES string of the molecule is C[C@H](CCC(C)(O)CCCO)C1CC[C@H]2[C@@H]3CC=C4C[C@@](C)(O)CC[C@]4(C)[C@H]3CC[C@]12C. The molecule has 0 aromatic heterocycles. The Morgan fingerprint density at radius 2 is 1.81 bits per heavy atom. The first-order chi connectivity index (χ1) is 14.9. The summed E-state index contributed by atoms with van der Waals surface area (Å²) in [6.45, 7) is 11.7. The lowest BCUT2D eigenvalue weighted by Gasteiger charge is -2.59. The highest BCUT2D eigenvalue weighted by molar-refractivity contribution is 5.26. The number of hydrogen-bond donors (Lipinski definition) is 3. The third kappa shape index (κ3) is 4.36. The van der Waals surface area contributed by atoms with Crippen LogP contribution in [0, 0.1) is 40.4 Å². The molecule has 3 fully saturated rings. The molecule has 184 valence electrons. The second kappa shape index (κ2) is 8.68. The van der Waals surface area contributed by atoms with E-state index in [0.717, 1.165) is 55.8 Å². The summed E-state index contributed by atoms with van der Waals surface area (Å²) in [7, 11) is 0. The van der Waals surface area contributed by atoms with Crippen molar-refractivity contribution in [1.29, 1.82) is 0 Å². The number of aliphatic hydroxyl groups is 3. The summed E-state index contributed by atoms with van der Waals surface area (Å²) >= 11 is 0. The maximum atomic E-state index is 10.7. The highest BCUT2D eigenvalue weighted by Crippen LogP contribution is 2.67. The predicted octanol–water partition coefficient (Wildman–Crippen LogP) is 6.26. The Hall–Kier alpha value is -0.380. The average Bonchev–Trinajstić information content (AvgIpc) is 3.08. The van der Waals surface area contributed by atoms with Crippen molar-refractivity contribution in [3.8, 4) is 0 Å². The first kappa shape index (κ1) is 24.7. The maximum absolute atomic E-state index is 10.7. The van der Waals surface area contributed by atoms with Crippen LogP contribution in [0.15, 0.2) is 11.6 Å². The first-order valence-electron chi connectivity index (χ1n) is 13.7. The van der Waals surface area contributed by atoms with Crippen LogP contribution in [0.5, 0.6) is 0 Å². The van der Waals surface area contributed by atoms with E-state index in [1.807, 2.05) is 13.8 Å². The lowest BCUT2D eigenvalue weighted by molar-refractivity contribution is -0.0716. The summed E-state index contributed by atoms with van der Waals surface area (Å²) in [5.74, 6) is 3.87. The van der Waals surface area contributed by atoms with Crippen LogP contribution in [0.1, 0.15) is 112 Å². The van der Waals surface area contributed by atoms with E-state index < -0.39 is 11.2 Å². The van der Waals surface area contributed by atoms with Gasteiger partial charge in [0, 0.05) is 6.61 Å². The first-order valence-corrected chi connectivity index (χ1v) is 13.7. The molecule has 0 aromatic carbocycles. The van der Waals surface area contributed by atoms with Crippen LogP contribution in [0.4, 0.5) is 0 Å². The lowest BCUT2D eigenvalue weighted by atomic mass is 9.46. The van der Waals surface area contributed by atoms with Crippen molar-refractivity contribution in [2.75, 3.05) is 6.61 Å². The fraction of sp³-hybridized carbons (Fsp3) is 0.931. The highest BCUT2D eigenvalue weighted by atomic mass is 16.3. The van der Waals surface area contributed by atoms with Gasteiger partial charge in [-0.3, -0.25) is 0 Å². The molecule has 3 N–H and O–H groups in total. The van der Waals surface area contributed by atoms with E-state index in [0.29, 0.717) is 29.6 Å². The number of hydrogen-bond acceptors (Lipinski definition) is 3. The Morgan fingerprint density at radius 1 is 1.06 bits per heavy atom. The van der Waals surface area contributed by atoms with E-state index in [1.54, 1.807) is 5.57 Å². The van der Waals surface area contributed by atoms with Crippen LogP contribution in [0.25, 0.3) is 0 Å². The van der Waals surface area contributed by atoms with Crippen LogP contribution < -0.4 is 0 Å². The van der Waals surface area contributed by atoms with E-state index >= 15 is 0 Å². The highest BCUT2D eigenvalue weighted by Gasteiger charge is 2.59. The maximum Gasteiger partial charge on any atom is 0.0657 e. The van der Waals surface area contributed by atoms with Gasteiger partial charge in [-0.15, -0.1) is 0 Å². The van der Waals surface area contributed by atoms with Crippen molar-refractivity contribution < 1.29 is 15.3 Å². The standard InChI is InChI=1S/C29H50O3/c1-20(11-14-26(2,31)13-6-18-30)23-9-10-24-22-8-7-21-19-27(3,32)16-17-28(21,4)25(22)12-15-29(23,24)5/h7,20,22-25,30-32H,6,8-19H2,1-5H3/t20-,22+,23?,24+,25+,26?,27+,28+,29-/m1/s1. The Labute approximate surface area is 197 Å². The van der Waals surface area contributed by atoms with Crippen LogP contribution in [0.2, 0.25) is 0 Å². The van der Waals surface area contributed by atoms with Gasteiger partial charge in [-0.2, -0.15) is 0 Å². The molecule has 0 bridgehead atoms. The molecule has 3 nitrogen and oxygen atoms in total. The molecule has 0 aromatic rings. The van der Waals surface area contributed by atoms with Gasteiger partial charge in [0.2, 0.25) is 0 Å². The van der Waals surface area contributed by atoms with E-state index in [1.165, 1.54) is 32.1 Å². The summed E-state index contributed by atoms with van der Waals surface area (Å²) in [5.41, 5.74) is 1.16. The van der Waals surface area contributed by atoms with Crippen LogP contribution in [0.3, 0.4) is 0 Å². The quantitative estimate of drug-likeness (QED) is 0.405. The second-order valence-corrected chi connectivity index (χ2v) is 13.5. The zero-order valence-corrected chi connectivity index (χ0v) is 21.5. The molecule has 0 aliphatic heterocycles. The molecule has 4 aliphatic carbocycles. The fourth-order valence-corrected chi connectivity index (χ4v) is 9.10. The Bertz CT molecular complexity index is 709. The molecule has 4 aliphatic rings. The lowest BCUT2D eigenvalue weighted by Crippen LogP contribution is -2.52. The number of fused-ring (bicyclic) bond motifs is 5. The van der Waals surface area contributed by atoms with Gasteiger partial charge in [-0.05, 0) is 131 Å². The summed E-state index contributed by atoms with van der Waals surface area (Å²) in [5, 5.41) is 30.5. The minimum absolute atomic E-state index is 0.170. The summed E-state index contributed by atoms with van der Waals surface area (Å²) < 4.78 is 0. The smallest absolute Gasteiger partial charge is 0.0657 e. The summed E-state index contributed by atoms with van der Waals surface area (Å²) in [6.07, 6.45) is 15.5. The zero-order valence-electron chi connectivity index (χ0n) is 21.5. The van der Waals surface area contributed by atoms with Gasteiger partial charge in [0.25, 0.3) is 0 Å². The molecule has 32 heavy (non-hydrogen) atoms. The predicted molar refractivity (Wildman–Crippen MR) is 131 cm³/mol. The summed E-state index contributed by atoms with van der Waals surface area (Å²) in [4.78, 5) is 0. The molecule has 0 heterocycles. The van der Waals surface area contributed by atoms with Crippen molar-refractivity contribution in [2.24, 2.45) is 40.4 Å². The molecule has 4 rings (SSSR count). The normalized spacial score (nSPS) is 46.4. The minimum Gasteiger partial charge on any atom is -0.396 e. The zero-order chi connectivity index (χ0) is 23.4. The molecule has 0 saturated heterocycles. The molecule has 0 radical (unpaired) electrons. The molecule has 9 atom stereocenters. The minimum atomic E-state index is -0.644. The molecule has 3 heteroatoms. The van der Waals surface area contributed by atoms with Crippen molar-refractivity contribution in [2.45, 2.75) is 123 Å². The average molecular weight is 447 g/mol. The third-order valence-electron chi connectivity index (χ3n) is 11.2. The largest absolute Gasteiger partial charge is 0.396 e. The fourth-order valence-electron chi connectivity index (χ4n) is 9.10. The Morgan fingerprint density at radius 3 is 2.53 bits per heavy atom. The molecule has 0 amide bonds. The van der Waals surface area contributed by atoms with E-state index in [-0.39, 0.29) is 6.61 Å². The number of rotatable bonds is 7. The molecular formula is C29H50O3. The van der Waals surface area contributed by atoms with E-state index in [2.05, 4.69) is 26.8 Å². The Kier molecular flexibility index (Phi) is 6.71. The summed E-state index contributed by atoms with van der Waals surface area (Å²) in [6, 6.07) is 0. The van der Waals surface area contributed by atoms with Gasteiger partial charge in [0.05, 0.1) is 11.2 Å². The van der Waals surface area contributed by atoms with Crippen molar-refractivity contribution in [3.63, 3.8) is 0 Å². The van der Waals surface area contributed by atoms with E-state index in [4.69, 9.17) is 5.11 Å². The van der Waals surface area contributed by atoms with Crippen molar-refractivity contribution >= 4 is 0 Å². The van der Waals surface area contributed by atoms with Crippen molar-refractivity contribution in [1.82, 2.24) is 0 Å². The third-order valence-corrected chi connectivity index (χ3v) is 11.2. The monoisotopic (exact) mass is 446 g/mol. The van der Waals surface area contributed by atoms with Gasteiger partial charge in [-0.25, -0.2) is 0 Å². The Balaban J connectivity index is 1.45. The van der Waals surface area contributed by atoms with Gasteiger partial charge in [0.15, 0.2) is 0 Å². The van der Waals surface area contributed by atoms with Crippen LogP contribution in [-0.2, 0) is 0 Å². The van der Waals surface area contributed by atoms with Gasteiger partial charge < -0.3 is 15.3 Å². The molecule has 3 saturated carbocycles.